The summed E-state index contributed by atoms with van der Waals surface area (Å²) in [6.07, 6.45) is 1.02. The van der Waals surface area contributed by atoms with Gasteiger partial charge >= 0.3 is 0 Å². The Morgan fingerprint density at radius 2 is 1.55 bits per heavy atom. The van der Waals surface area contributed by atoms with E-state index in [-0.39, 0.29) is 15.4 Å². The molecule has 29 heavy (non-hydrogen) atoms. The van der Waals surface area contributed by atoms with Gasteiger partial charge in [-0.3, -0.25) is 4.79 Å². The minimum Gasteiger partial charge on any atom is -0.268 e. The van der Waals surface area contributed by atoms with Crippen LogP contribution in [-0.2, 0) is 19.9 Å². The van der Waals surface area contributed by atoms with E-state index in [0.717, 1.165) is 29.8 Å². The zero-order valence-corrected chi connectivity index (χ0v) is 17.6. The molecule has 0 radical (unpaired) electrons. The number of carbonyl (C=O) groups excluding carboxylic acids is 1. The predicted octanol–water partition coefficient (Wildman–Crippen LogP) is 2.01. The lowest BCUT2D eigenvalue weighted by atomic mass is 10.2. The summed E-state index contributed by atoms with van der Waals surface area (Å²) in [5.41, 5.74) is 2.46. The van der Waals surface area contributed by atoms with Crippen molar-refractivity contribution in [3.63, 3.8) is 0 Å². The molecule has 3 rings (SSSR count). The average molecular weight is 434 g/mol. The van der Waals surface area contributed by atoms with E-state index in [4.69, 9.17) is 0 Å². The molecule has 0 bridgehead atoms. The van der Waals surface area contributed by atoms with Crippen LogP contribution in [0.15, 0.2) is 64.4 Å². The van der Waals surface area contributed by atoms with E-state index in [1.165, 1.54) is 24.3 Å². The molecule has 0 fully saturated rings. The molecule has 152 valence electrons. The first-order chi connectivity index (χ1) is 13.5. The Hall–Kier alpha value is -2.98. The minimum atomic E-state index is -4.17. The van der Waals surface area contributed by atoms with Gasteiger partial charge in [-0.2, -0.15) is 5.10 Å². The normalized spacial score (nSPS) is 12.0. The van der Waals surface area contributed by atoms with Crippen LogP contribution in [0.3, 0.4) is 0 Å². The summed E-state index contributed by atoms with van der Waals surface area (Å²) < 4.78 is 51.6. The average Bonchev–Trinajstić information content (AvgIpc) is 2.99. The van der Waals surface area contributed by atoms with E-state index in [2.05, 4.69) is 5.10 Å². The van der Waals surface area contributed by atoms with E-state index in [9.17, 15) is 21.6 Å². The molecule has 0 saturated heterocycles. The van der Waals surface area contributed by atoms with Crippen LogP contribution in [0, 0.1) is 13.8 Å². The first-order valence-corrected chi connectivity index (χ1v) is 11.9. The highest BCUT2D eigenvalue weighted by atomic mass is 32.2. The molecule has 1 N–H and O–H groups in total. The summed E-state index contributed by atoms with van der Waals surface area (Å²) in [6, 6.07) is 12.9. The molecule has 0 spiro atoms. The Balaban J connectivity index is 1.86. The molecule has 10 heteroatoms. The number of sulfone groups is 1. The number of nitrogens with one attached hydrogen (secondary N) is 1. The molecule has 0 atom stereocenters. The van der Waals surface area contributed by atoms with Crippen LogP contribution in [0.1, 0.15) is 21.7 Å². The van der Waals surface area contributed by atoms with Crippen molar-refractivity contribution in [2.75, 3.05) is 6.26 Å². The van der Waals surface area contributed by atoms with Crippen molar-refractivity contribution in [2.24, 2.45) is 0 Å². The largest absolute Gasteiger partial charge is 0.268 e. The number of carbonyl (C=O) groups is 1. The highest BCUT2D eigenvalue weighted by Crippen LogP contribution is 2.17. The molecule has 2 aromatic carbocycles. The van der Waals surface area contributed by atoms with Crippen LogP contribution >= 0.6 is 0 Å². The van der Waals surface area contributed by atoms with Crippen LogP contribution < -0.4 is 4.72 Å². The Bertz CT molecular complexity index is 1290. The van der Waals surface area contributed by atoms with E-state index in [1.54, 1.807) is 16.8 Å². The fraction of sp³-hybridized carbons (Fsp3) is 0.158. The zero-order valence-electron chi connectivity index (χ0n) is 15.9. The number of aryl methyl sites for hydroxylation is 2. The number of hydrogen-bond donors (Lipinski definition) is 1. The summed E-state index contributed by atoms with van der Waals surface area (Å²) in [5, 5.41) is 4.35. The minimum absolute atomic E-state index is 0.0136. The topological polar surface area (TPSA) is 115 Å². The van der Waals surface area contributed by atoms with Crippen molar-refractivity contribution < 1.29 is 21.6 Å². The smallest absolute Gasteiger partial charge is 0.265 e. The van der Waals surface area contributed by atoms with E-state index in [1.807, 2.05) is 24.6 Å². The zero-order chi connectivity index (χ0) is 21.4. The summed E-state index contributed by atoms with van der Waals surface area (Å²) in [5.74, 6) is -0.805. The van der Waals surface area contributed by atoms with Crippen LogP contribution in [0.5, 0.6) is 0 Å². The summed E-state index contributed by atoms with van der Waals surface area (Å²) in [4.78, 5) is 12.3. The van der Waals surface area contributed by atoms with Gasteiger partial charge in [0.05, 0.1) is 21.2 Å². The first kappa shape index (κ1) is 20.7. The molecule has 0 saturated carbocycles. The lowest BCUT2D eigenvalue weighted by Gasteiger charge is -2.09. The fourth-order valence-corrected chi connectivity index (χ4v) is 4.38. The SMILES string of the molecule is Cc1cc(C)n(-c2cccc(C(=O)NS(=O)(=O)c3ccc(S(C)(=O)=O)cc3)c2)n1. The van der Waals surface area contributed by atoms with Crippen molar-refractivity contribution in [1.29, 1.82) is 0 Å². The molecule has 1 amide bonds. The van der Waals surface area contributed by atoms with Gasteiger partial charge in [-0.1, -0.05) is 6.07 Å². The van der Waals surface area contributed by atoms with Gasteiger partial charge in [0.15, 0.2) is 9.84 Å². The Morgan fingerprint density at radius 1 is 0.931 bits per heavy atom. The molecule has 8 nitrogen and oxygen atoms in total. The number of sulfonamides is 1. The lowest BCUT2D eigenvalue weighted by molar-refractivity contribution is 0.0981. The molecular weight excluding hydrogens is 414 g/mol. The molecule has 3 aromatic rings. The molecule has 0 unspecified atom stereocenters. The van der Waals surface area contributed by atoms with Gasteiger partial charge in [0.25, 0.3) is 15.9 Å². The van der Waals surface area contributed by atoms with Crippen molar-refractivity contribution in [1.82, 2.24) is 14.5 Å². The molecule has 0 aliphatic carbocycles. The van der Waals surface area contributed by atoms with Gasteiger partial charge < -0.3 is 0 Å². The quantitative estimate of drug-likeness (QED) is 0.658. The maximum absolute atomic E-state index is 12.5. The highest BCUT2D eigenvalue weighted by Gasteiger charge is 2.20. The van der Waals surface area contributed by atoms with Gasteiger partial charge in [0.2, 0.25) is 0 Å². The maximum Gasteiger partial charge on any atom is 0.265 e. The fourth-order valence-electron chi connectivity index (χ4n) is 2.78. The maximum atomic E-state index is 12.5. The van der Waals surface area contributed by atoms with E-state index in [0.29, 0.717) is 5.69 Å². The van der Waals surface area contributed by atoms with Gasteiger partial charge in [0.1, 0.15) is 0 Å². The van der Waals surface area contributed by atoms with Crippen LogP contribution in [-0.4, -0.2) is 38.8 Å². The third-order valence-corrected chi connectivity index (χ3v) is 6.63. The molecule has 0 aliphatic rings. The van der Waals surface area contributed by atoms with Crippen LogP contribution in [0.2, 0.25) is 0 Å². The monoisotopic (exact) mass is 433 g/mol. The Labute approximate surface area is 169 Å². The molecule has 0 aliphatic heterocycles. The Morgan fingerprint density at radius 3 is 2.10 bits per heavy atom. The number of hydrogen-bond acceptors (Lipinski definition) is 6. The second-order valence-electron chi connectivity index (χ2n) is 6.57. The highest BCUT2D eigenvalue weighted by molar-refractivity contribution is 7.91. The summed E-state index contributed by atoms with van der Waals surface area (Å²) in [6.45, 7) is 3.72. The molecule has 1 aromatic heterocycles. The van der Waals surface area contributed by atoms with E-state index < -0.39 is 25.8 Å². The van der Waals surface area contributed by atoms with Crippen molar-refractivity contribution in [3.05, 3.63) is 71.5 Å². The standard InChI is InChI=1S/C19H19N3O5S2/c1-13-11-14(2)22(20-13)16-6-4-5-15(12-16)19(23)21-29(26,27)18-9-7-17(8-10-18)28(3,24)25/h4-12H,1-3H3,(H,21,23). The number of aromatic nitrogens is 2. The second-order valence-corrected chi connectivity index (χ2v) is 10.3. The first-order valence-electron chi connectivity index (χ1n) is 8.48. The van der Waals surface area contributed by atoms with Crippen LogP contribution in [0.4, 0.5) is 0 Å². The predicted molar refractivity (Wildman–Crippen MR) is 107 cm³/mol. The number of rotatable bonds is 5. The number of benzene rings is 2. The van der Waals surface area contributed by atoms with Crippen molar-refractivity contribution in [3.8, 4) is 5.69 Å². The number of nitrogens with zero attached hydrogens (tertiary/aromatic N) is 2. The lowest BCUT2D eigenvalue weighted by Crippen LogP contribution is -2.30. The second kappa shape index (κ2) is 7.45. The van der Waals surface area contributed by atoms with Crippen molar-refractivity contribution in [2.45, 2.75) is 23.6 Å². The third-order valence-electron chi connectivity index (χ3n) is 4.15. The van der Waals surface area contributed by atoms with Crippen LogP contribution in [0.25, 0.3) is 5.69 Å². The van der Waals surface area contributed by atoms with Crippen molar-refractivity contribution >= 4 is 25.8 Å². The summed E-state index contributed by atoms with van der Waals surface area (Å²) >= 11 is 0. The number of amides is 1. The van der Waals surface area contributed by atoms with Gasteiger partial charge in [-0.15, -0.1) is 0 Å². The van der Waals surface area contributed by atoms with Gasteiger partial charge in [-0.25, -0.2) is 26.2 Å². The molecular formula is C19H19N3O5S2. The van der Waals surface area contributed by atoms with Gasteiger partial charge in [-0.05, 0) is 62.4 Å². The summed E-state index contributed by atoms with van der Waals surface area (Å²) in [7, 11) is -7.62. The Kier molecular flexibility index (Phi) is 5.33. The van der Waals surface area contributed by atoms with E-state index >= 15 is 0 Å². The third kappa shape index (κ3) is 4.54. The van der Waals surface area contributed by atoms with Gasteiger partial charge in [0, 0.05) is 17.5 Å². The molecule has 1 heterocycles.